The molecule has 4 nitrogen and oxygen atoms in total. The normalized spacial score (nSPS) is 17.9. The molecule has 0 bridgehead atoms. The van der Waals surface area contributed by atoms with Crippen molar-refractivity contribution < 1.29 is 14.4 Å². The van der Waals surface area contributed by atoms with E-state index in [1.54, 1.807) is 12.1 Å². The summed E-state index contributed by atoms with van der Waals surface area (Å²) < 4.78 is 0. The van der Waals surface area contributed by atoms with E-state index in [0.29, 0.717) is 5.56 Å². The third-order valence-corrected chi connectivity index (χ3v) is 4.58. The number of carbonyl (C=O) groups excluding carboxylic acids is 3. The molecule has 1 aliphatic rings. The zero-order valence-corrected chi connectivity index (χ0v) is 14.7. The van der Waals surface area contributed by atoms with Crippen molar-refractivity contribution in [3.63, 3.8) is 0 Å². The van der Waals surface area contributed by atoms with E-state index in [4.69, 9.17) is 0 Å². The Hall–Kier alpha value is -2.75. The van der Waals surface area contributed by atoms with Gasteiger partial charge in [0.05, 0.1) is 5.92 Å². The second-order valence-electron chi connectivity index (χ2n) is 7.38. The third kappa shape index (κ3) is 3.25. The summed E-state index contributed by atoms with van der Waals surface area (Å²) in [4.78, 5) is 38.3. The molecule has 0 radical (unpaired) electrons. The molecule has 25 heavy (non-hydrogen) atoms. The monoisotopic (exact) mass is 335 g/mol. The molecule has 1 heterocycles. The van der Waals surface area contributed by atoms with Crippen molar-refractivity contribution in [2.75, 3.05) is 6.54 Å². The van der Waals surface area contributed by atoms with Gasteiger partial charge in [-0.3, -0.25) is 19.3 Å². The fourth-order valence-electron chi connectivity index (χ4n) is 3.02. The van der Waals surface area contributed by atoms with Crippen molar-refractivity contribution in [1.29, 1.82) is 0 Å². The highest BCUT2D eigenvalue weighted by molar-refractivity contribution is 6.43. The van der Waals surface area contributed by atoms with E-state index in [1.165, 1.54) is 0 Å². The van der Waals surface area contributed by atoms with Crippen LogP contribution in [-0.2, 0) is 15.0 Å². The number of likely N-dealkylation sites (tertiary alicyclic amines) is 1. The van der Waals surface area contributed by atoms with Gasteiger partial charge in [-0.05, 0) is 28.7 Å². The Balaban J connectivity index is 1.83. The fraction of sp³-hybridized carbons (Fsp3) is 0.286. The molecule has 4 heteroatoms. The lowest BCUT2D eigenvalue weighted by molar-refractivity contribution is -0.139. The Morgan fingerprint density at radius 2 is 1.56 bits per heavy atom. The molecule has 0 unspecified atom stereocenters. The molecule has 1 fully saturated rings. The van der Waals surface area contributed by atoms with Gasteiger partial charge in [0.1, 0.15) is 0 Å². The quantitative estimate of drug-likeness (QED) is 0.625. The van der Waals surface area contributed by atoms with Crippen LogP contribution in [0.15, 0.2) is 54.6 Å². The highest BCUT2D eigenvalue weighted by Crippen LogP contribution is 2.27. The molecule has 0 N–H and O–H groups in total. The molecule has 0 aliphatic carbocycles. The van der Waals surface area contributed by atoms with Crippen LogP contribution < -0.4 is 0 Å². The van der Waals surface area contributed by atoms with Gasteiger partial charge in [-0.2, -0.15) is 0 Å². The average Bonchev–Trinajstić information content (AvgIpc) is 2.90. The van der Waals surface area contributed by atoms with Crippen LogP contribution in [-0.4, -0.2) is 29.0 Å². The van der Waals surface area contributed by atoms with Crippen LogP contribution in [0, 0.1) is 0 Å². The van der Waals surface area contributed by atoms with E-state index in [2.05, 4.69) is 20.8 Å². The molecule has 128 valence electrons. The van der Waals surface area contributed by atoms with Gasteiger partial charge in [-0.15, -0.1) is 0 Å². The Morgan fingerprint density at radius 3 is 2.12 bits per heavy atom. The minimum atomic E-state index is -0.723. The lowest BCUT2D eigenvalue weighted by Gasteiger charge is -2.20. The lowest BCUT2D eigenvalue weighted by atomic mass is 9.86. The summed E-state index contributed by atoms with van der Waals surface area (Å²) in [6, 6.07) is 16.3. The van der Waals surface area contributed by atoms with Gasteiger partial charge in [0, 0.05) is 12.1 Å². The largest absolute Gasteiger partial charge is 0.297 e. The maximum Gasteiger partial charge on any atom is 0.297 e. The van der Waals surface area contributed by atoms with Gasteiger partial charge in [0.25, 0.3) is 11.8 Å². The van der Waals surface area contributed by atoms with Gasteiger partial charge in [-0.25, -0.2) is 0 Å². The third-order valence-electron chi connectivity index (χ3n) is 4.58. The predicted molar refractivity (Wildman–Crippen MR) is 95.4 cm³/mol. The molecule has 1 aliphatic heterocycles. The molecule has 0 saturated carbocycles. The summed E-state index contributed by atoms with van der Waals surface area (Å²) in [5, 5.41) is 0. The maximum absolute atomic E-state index is 12.7. The Labute approximate surface area is 147 Å². The molecular formula is C21H21NO3. The van der Waals surface area contributed by atoms with E-state index < -0.39 is 23.5 Å². The van der Waals surface area contributed by atoms with Crippen molar-refractivity contribution >= 4 is 17.6 Å². The molecule has 0 spiro atoms. The number of ketones is 1. The minimum absolute atomic E-state index is 0.0145. The number of benzene rings is 2. The van der Waals surface area contributed by atoms with E-state index in [1.807, 2.05) is 42.5 Å². The Morgan fingerprint density at radius 1 is 0.960 bits per heavy atom. The summed E-state index contributed by atoms with van der Waals surface area (Å²) in [5.41, 5.74) is 2.27. The van der Waals surface area contributed by atoms with Crippen LogP contribution in [0.25, 0.3) is 0 Å². The minimum Gasteiger partial charge on any atom is -0.288 e. The number of hydrogen-bond acceptors (Lipinski definition) is 3. The first kappa shape index (κ1) is 17.1. The summed E-state index contributed by atoms with van der Waals surface area (Å²) >= 11 is 0. The van der Waals surface area contributed by atoms with Crippen molar-refractivity contribution in [3.05, 3.63) is 71.3 Å². The first-order chi connectivity index (χ1) is 11.8. The standard InChI is InChI=1S/C21H21NO3/c1-21(2,3)16-11-9-15(10-12-16)19(24)22-13-17(18(23)20(22)25)14-7-5-4-6-8-14/h4-12,17H,13H2,1-3H3/t17-/m1/s1. The van der Waals surface area contributed by atoms with Gasteiger partial charge in [-0.1, -0.05) is 63.2 Å². The van der Waals surface area contributed by atoms with Crippen molar-refractivity contribution in [1.82, 2.24) is 4.90 Å². The summed E-state index contributed by atoms with van der Waals surface area (Å²) in [6.45, 7) is 6.38. The fourth-order valence-corrected chi connectivity index (χ4v) is 3.02. The number of nitrogens with zero attached hydrogens (tertiary/aromatic N) is 1. The molecule has 0 aromatic heterocycles. The van der Waals surface area contributed by atoms with Crippen LogP contribution in [0.2, 0.25) is 0 Å². The number of amides is 2. The van der Waals surface area contributed by atoms with Crippen LogP contribution in [0.3, 0.4) is 0 Å². The molecule has 1 saturated heterocycles. The number of rotatable bonds is 2. The van der Waals surface area contributed by atoms with Gasteiger partial charge in [0.2, 0.25) is 5.78 Å². The molecular weight excluding hydrogens is 314 g/mol. The van der Waals surface area contributed by atoms with Crippen LogP contribution >= 0.6 is 0 Å². The molecule has 1 atom stereocenters. The summed E-state index contributed by atoms with van der Waals surface area (Å²) in [5.74, 6) is -2.24. The first-order valence-corrected chi connectivity index (χ1v) is 8.34. The van der Waals surface area contributed by atoms with Gasteiger partial charge in [0.15, 0.2) is 0 Å². The van der Waals surface area contributed by atoms with Crippen molar-refractivity contribution in [2.45, 2.75) is 32.1 Å². The predicted octanol–water partition coefficient (Wildman–Crippen LogP) is 3.32. The van der Waals surface area contributed by atoms with Gasteiger partial charge < -0.3 is 0 Å². The Bertz CT molecular complexity index is 816. The summed E-state index contributed by atoms with van der Waals surface area (Å²) in [7, 11) is 0. The topological polar surface area (TPSA) is 54.5 Å². The van der Waals surface area contributed by atoms with Gasteiger partial charge >= 0.3 is 0 Å². The van der Waals surface area contributed by atoms with Crippen LogP contribution in [0.4, 0.5) is 0 Å². The number of Topliss-reactive ketones (excluding diaryl/α,β-unsaturated/α-hetero) is 1. The average molecular weight is 335 g/mol. The molecule has 2 aromatic rings. The SMILES string of the molecule is CC(C)(C)c1ccc(C(=O)N2C[C@H](c3ccccc3)C(=O)C2=O)cc1. The zero-order valence-electron chi connectivity index (χ0n) is 14.7. The second kappa shape index (κ2) is 6.28. The zero-order chi connectivity index (χ0) is 18.2. The first-order valence-electron chi connectivity index (χ1n) is 8.34. The second-order valence-corrected chi connectivity index (χ2v) is 7.38. The van der Waals surface area contributed by atoms with Crippen LogP contribution in [0.5, 0.6) is 0 Å². The highest BCUT2D eigenvalue weighted by Gasteiger charge is 2.42. The number of hydrogen-bond donors (Lipinski definition) is 0. The van der Waals surface area contributed by atoms with Crippen molar-refractivity contribution in [3.8, 4) is 0 Å². The maximum atomic E-state index is 12.7. The number of imide groups is 1. The molecule has 2 amide bonds. The molecule has 3 rings (SSSR count). The van der Waals surface area contributed by atoms with E-state index in [9.17, 15) is 14.4 Å². The smallest absolute Gasteiger partial charge is 0.288 e. The summed E-state index contributed by atoms with van der Waals surface area (Å²) in [6.07, 6.45) is 0. The highest BCUT2D eigenvalue weighted by atomic mass is 16.2. The van der Waals surface area contributed by atoms with Crippen LogP contribution in [0.1, 0.15) is 48.2 Å². The van der Waals surface area contributed by atoms with E-state index in [-0.39, 0.29) is 12.0 Å². The van der Waals surface area contributed by atoms with E-state index in [0.717, 1.165) is 16.0 Å². The molecule has 2 aromatic carbocycles. The Kier molecular flexibility index (Phi) is 4.29. The number of carbonyl (C=O) groups is 3. The lowest BCUT2D eigenvalue weighted by Crippen LogP contribution is -2.33. The van der Waals surface area contributed by atoms with Crippen molar-refractivity contribution in [2.24, 2.45) is 0 Å². The van der Waals surface area contributed by atoms with E-state index >= 15 is 0 Å².